The van der Waals surface area contributed by atoms with E-state index in [-0.39, 0.29) is 0 Å². The minimum atomic E-state index is -0.816. The maximum absolute atomic E-state index is 12.5. The normalized spacial score (nSPS) is 17.9. The summed E-state index contributed by atoms with van der Waals surface area (Å²) in [6, 6.07) is 0. The molecule has 1 fully saturated rings. The number of aromatic amines is 1. The van der Waals surface area contributed by atoms with Gasteiger partial charge in [0, 0.05) is 44.4 Å². The molecule has 1 aliphatic heterocycles. The quantitative estimate of drug-likeness (QED) is 0.576. The minimum absolute atomic E-state index is 0.314. The second-order valence-electron chi connectivity index (χ2n) is 7.07. The molecule has 29 heavy (non-hydrogen) atoms. The van der Waals surface area contributed by atoms with Crippen LogP contribution < -0.4 is 16.5 Å². The molecule has 1 aromatic rings. The van der Waals surface area contributed by atoms with E-state index in [0.717, 1.165) is 5.70 Å². The van der Waals surface area contributed by atoms with Crippen LogP contribution in [0.5, 0.6) is 0 Å². The molecular formula is C21H24N4O4. The fourth-order valence-electron chi connectivity index (χ4n) is 3.14. The lowest BCUT2D eigenvalue weighted by molar-refractivity contribution is -0.145. The second kappa shape index (κ2) is 8.72. The minimum Gasteiger partial charge on any atom is -0.408 e. The Hall–Kier alpha value is -3.42. The third-order valence-corrected chi connectivity index (χ3v) is 4.67. The van der Waals surface area contributed by atoms with Crippen LogP contribution in [0.2, 0.25) is 0 Å². The lowest BCUT2D eigenvalue weighted by Crippen LogP contribution is -2.49. The highest BCUT2D eigenvalue weighted by atomic mass is 16.4. The first-order valence-corrected chi connectivity index (χ1v) is 9.42. The van der Waals surface area contributed by atoms with Gasteiger partial charge in [0.15, 0.2) is 5.42 Å². The number of carbonyl (C=O) groups excluding carboxylic acids is 2. The Morgan fingerprint density at radius 3 is 2.52 bits per heavy atom. The van der Waals surface area contributed by atoms with Crippen LogP contribution in [-0.4, -0.2) is 58.5 Å². The van der Waals surface area contributed by atoms with E-state index in [4.69, 9.17) is 4.42 Å². The number of nitrogens with one attached hydrogen (secondary N) is 1. The number of fused-ring (bicyclic) bond motifs is 1. The number of allylic oxidation sites excluding steroid dienone is 4. The van der Waals surface area contributed by atoms with Gasteiger partial charge in [0.25, 0.3) is 0 Å². The van der Waals surface area contributed by atoms with E-state index in [1.807, 2.05) is 26.0 Å². The molecule has 0 aromatic carbocycles. The molecule has 2 amide bonds. The topological polar surface area (TPSA) is 99.0 Å². The highest BCUT2D eigenvalue weighted by Crippen LogP contribution is 2.12. The third kappa shape index (κ3) is 4.90. The van der Waals surface area contributed by atoms with Crippen LogP contribution in [0.25, 0.3) is 12.2 Å². The Balaban J connectivity index is 1.63. The number of aromatic nitrogens is 1. The van der Waals surface area contributed by atoms with Crippen LogP contribution in [0.3, 0.4) is 0 Å². The smallest absolute Gasteiger partial charge is 0.408 e. The van der Waals surface area contributed by atoms with Crippen LogP contribution in [0.4, 0.5) is 0 Å². The first-order chi connectivity index (χ1) is 13.9. The molecule has 8 heteroatoms. The standard InChI is InChI=1S/C21H24N4O4/c1-4-16(7-5-14(2)3)24-9-11-25(12-10-24)20(27)19(26)22-15-6-8-17-18(13-15)29-21(28)23-17/h4-5,7-8,13H,1,6,9-12H2,2-3H3,(H,23,28)/b16-7+,22-15?. The van der Waals surface area contributed by atoms with E-state index < -0.39 is 17.6 Å². The van der Waals surface area contributed by atoms with Crippen molar-refractivity contribution < 1.29 is 14.0 Å². The number of aliphatic imine (C=N–C) groups is 1. The zero-order valence-corrected chi connectivity index (χ0v) is 16.6. The molecule has 0 unspecified atom stereocenters. The van der Waals surface area contributed by atoms with Crippen molar-refractivity contribution in [3.63, 3.8) is 0 Å². The number of carbonyl (C=O) groups is 2. The highest BCUT2D eigenvalue weighted by Gasteiger charge is 2.26. The zero-order valence-electron chi connectivity index (χ0n) is 16.6. The van der Waals surface area contributed by atoms with Crippen molar-refractivity contribution in [1.29, 1.82) is 0 Å². The number of rotatable bonds is 3. The Labute approximate surface area is 167 Å². The first-order valence-electron chi connectivity index (χ1n) is 9.42. The van der Waals surface area contributed by atoms with Crippen molar-refractivity contribution in [2.75, 3.05) is 26.2 Å². The van der Waals surface area contributed by atoms with Crippen molar-refractivity contribution in [3.8, 4) is 0 Å². The van der Waals surface area contributed by atoms with Gasteiger partial charge in [-0.1, -0.05) is 24.3 Å². The first kappa shape index (κ1) is 20.3. The summed E-state index contributed by atoms with van der Waals surface area (Å²) in [5.41, 5.74) is 2.87. The van der Waals surface area contributed by atoms with Gasteiger partial charge in [0.1, 0.15) is 0 Å². The van der Waals surface area contributed by atoms with E-state index in [2.05, 4.69) is 21.5 Å². The van der Waals surface area contributed by atoms with Gasteiger partial charge in [-0.3, -0.25) is 14.6 Å². The van der Waals surface area contributed by atoms with Gasteiger partial charge in [-0.2, -0.15) is 0 Å². The summed E-state index contributed by atoms with van der Waals surface area (Å²) in [5.74, 6) is -2.01. The average Bonchev–Trinajstić information content (AvgIpc) is 3.07. The van der Waals surface area contributed by atoms with E-state index in [0.29, 0.717) is 49.1 Å². The largest absolute Gasteiger partial charge is 0.417 e. The molecule has 0 radical (unpaired) electrons. The molecule has 0 atom stereocenters. The Kier molecular flexibility index (Phi) is 6.11. The van der Waals surface area contributed by atoms with Gasteiger partial charge >= 0.3 is 17.6 Å². The van der Waals surface area contributed by atoms with Gasteiger partial charge in [-0.15, -0.1) is 0 Å². The lowest BCUT2D eigenvalue weighted by atomic mass is 10.2. The van der Waals surface area contributed by atoms with Crippen molar-refractivity contribution in [2.24, 2.45) is 4.99 Å². The van der Waals surface area contributed by atoms with Crippen molar-refractivity contribution in [1.82, 2.24) is 14.8 Å². The predicted octanol–water partition coefficient (Wildman–Crippen LogP) is 0.0805. The molecule has 1 aromatic heterocycles. The van der Waals surface area contributed by atoms with Crippen molar-refractivity contribution in [2.45, 2.75) is 20.3 Å². The molecule has 0 spiro atoms. The summed E-state index contributed by atoms with van der Waals surface area (Å²) in [6.07, 6.45) is 9.35. The van der Waals surface area contributed by atoms with E-state index >= 15 is 0 Å². The van der Waals surface area contributed by atoms with Crippen LogP contribution in [0, 0.1) is 0 Å². The lowest BCUT2D eigenvalue weighted by Gasteiger charge is -2.36. The van der Waals surface area contributed by atoms with Crippen molar-refractivity contribution >= 4 is 29.7 Å². The Morgan fingerprint density at radius 1 is 1.17 bits per heavy atom. The molecule has 2 aliphatic rings. The molecule has 1 N–H and O–H groups in total. The molecular weight excluding hydrogens is 372 g/mol. The van der Waals surface area contributed by atoms with Crippen LogP contribution >= 0.6 is 0 Å². The molecule has 8 nitrogen and oxygen atoms in total. The summed E-state index contributed by atoms with van der Waals surface area (Å²) >= 11 is 0. The number of amides is 2. The SMILES string of the molecule is C=C/C(=C\C=C(C)C)N1CCN(C(=O)C(=O)N=C2C=c3oc(=O)[nH]c3=CC2)CC1. The summed E-state index contributed by atoms with van der Waals surface area (Å²) in [5, 5.41) is 0.558. The second-order valence-corrected chi connectivity index (χ2v) is 7.07. The Bertz CT molecular complexity index is 1090. The average molecular weight is 396 g/mol. The summed E-state index contributed by atoms with van der Waals surface area (Å²) in [7, 11) is 0. The van der Waals surface area contributed by atoms with Gasteiger partial charge in [-0.05, 0) is 26.0 Å². The number of oxazole rings is 1. The number of hydrogen-bond acceptors (Lipinski definition) is 5. The fraction of sp³-hybridized carbons (Fsp3) is 0.333. The number of nitrogens with zero attached hydrogens (tertiary/aromatic N) is 3. The van der Waals surface area contributed by atoms with Gasteiger partial charge in [0.2, 0.25) is 0 Å². The van der Waals surface area contributed by atoms with E-state index in [1.165, 1.54) is 16.5 Å². The zero-order chi connectivity index (χ0) is 21.0. The molecule has 0 saturated carbocycles. The summed E-state index contributed by atoms with van der Waals surface area (Å²) < 4.78 is 4.97. The fourth-order valence-corrected chi connectivity index (χ4v) is 3.14. The molecule has 3 rings (SSSR count). The molecule has 1 aliphatic carbocycles. The number of hydrogen-bond donors (Lipinski definition) is 1. The van der Waals surface area contributed by atoms with E-state index in [1.54, 1.807) is 12.2 Å². The number of H-pyrrole nitrogens is 1. The highest BCUT2D eigenvalue weighted by molar-refractivity contribution is 6.38. The van der Waals surface area contributed by atoms with Crippen LogP contribution in [0.1, 0.15) is 20.3 Å². The third-order valence-electron chi connectivity index (χ3n) is 4.67. The predicted molar refractivity (Wildman–Crippen MR) is 110 cm³/mol. The molecule has 1 saturated heterocycles. The van der Waals surface area contributed by atoms with Crippen molar-refractivity contribution in [3.05, 3.63) is 57.4 Å². The molecule has 152 valence electrons. The summed E-state index contributed by atoms with van der Waals surface area (Å²) in [4.78, 5) is 46.1. The number of piperazine rings is 1. The van der Waals surface area contributed by atoms with Gasteiger partial charge < -0.3 is 14.2 Å². The van der Waals surface area contributed by atoms with Gasteiger partial charge in [0.05, 0.1) is 11.1 Å². The van der Waals surface area contributed by atoms with E-state index in [9.17, 15) is 14.4 Å². The van der Waals surface area contributed by atoms with Crippen LogP contribution in [-0.2, 0) is 9.59 Å². The molecule has 2 heterocycles. The Morgan fingerprint density at radius 2 is 1.86 bits per heavy atom. The van der Waals surface area contributed by atoms with Gasteiger partial charge in [-0.25, -0.2) is 9.79 Å². The molecule has 0 bridgehead atoms. The summed E-state index contributed by atoms with van der Waals surface area (Å²) in [6.45, 7) is 9.98. The monoisotopic (exact) mass is 396 g/mol. The maximum Gasteiger partial charge on any atom is 0.417 e. The van der Waals surface area contributed by atoms with Crippen LogP contribution in [0.15, 0.2) is 50.3 Å². The maximum atomic E-state index is 12.5.